The minimum Gasteiger partial charge on any atom is -0.366 e. The topological polar surface area (TPSA) is 79.5 Å². The van der Waals surface area contributed by atoms with Gasteiger partial charge < -0.3 is 15.5 Å². The monoisotopic (exact) mass is 362 g/mol. The van der Waals surface area contributed by atoms with Crippen LogP contribution in [-0.4, -0.2) is 47.8 Å². The molecule has 0 saturated carbocycles. The summed E-state index contributed by atoms with van der Waals surface area (Å²) >= 11 is 1.37. The maximum Gasteiger partial charge on any atom is 0.273 e. The van der Waals surface area contributed by atoms with Gasteiger partial charge in [-0.1, -0.05) is 0 Å². The average molecular weight is 362 g/mol. The zero-order valence-corrected chi connectivity index (χ0v) is 14.7. The molecule has 3 rings (SSSR count). The van der Waals surface area contributed by atoms with Crippen LogP contribution in [-0.2, 0) is 6.54 Å². The number of rotatable bonds is 4. The quantitative estimate of drug-likeness (QED) is 0.841. The van der Waals surface area contributed by atoms with E-state index >= 15 is 0 Å². The van der Waals surface area contributed by atoms with E-state index < -0.39 is 5.82 Å². The molecule has 0 radical (unpaired) electrons. The van der Waals surface area contributed by atoms with Crippen LogP contribution >= 0.6 is 11.3 Å². The summed E-state index contributed by atoms with van der Waals surface area (Å²) in [7, 11) is 0. The van der Waals surface area contributed by atoms with Gasteiger partial charge in [-0.3, -0.25) is 9.59 Å². The summed E-state index contributed by atoms with van der Waals surface area (Å²) in [6.07, 6.45) is 0. The summed E-state index contributed by atoms with van der Waals surface area (Å²) in [4.78, 5) is 31.6. The highest BCUT2D eigenvalue weighted by atomic mass is 32.1. The van der Waals surface area contributed by atoms with Crippen LogP contribution in [0.5, 0.6) is 0 Å². The minimum absolute atomic E-state index is 0.122. The highest BCUT2D eigenvalue weighted by Gasteiger charge is 2.25. The molecule has 2 heterocycles. The van der Waals surface area contributed by atoms with Gasteiger partial charge in [-0.05, 0) is 25.1 Å². The summed E-state index contributed by atoms with van der Waals surface area (Å²) in [5.41, 5.74) is 6.75. The normalized spacial score (nSPS) is 14.7. The Kier molecular flexibility index (Phi) is 5.10. The maximum atomic E-state index is 14.3. The molecule has 2 aromatic rings. The van der Waals surface area contributed by atoms with Crippen molar-refractivity contribution in [3.63, 3.8) is 0 Å². The molecule has 0 bridgehead atoms. The molecule has 1 aromatic heterocycles. The number of thiazole rings is 1. The van der Waals surface area contributed by atoms with Gasteiger partial charge in [0.2, 0.25) is 0 Å². The molecule has 132 valence electrons. The van der Waals surface area contributed by atoms with Gasteiger partial charge in [0.1, 0.15) is 16.5 Å². The number of aromatic nitrogens is 1. The van der Waals surface area contributed by atoms with E-state index in [0.29, 0.717) is 49.7 Å². The molecule has 0 spiro atoms. The number of hydrogen-bond donors (Lipinski definition) is 1. The first-order chi connectivity index (χ1) is 12.0. The molecule has 2 N–H and O–H groups in total. The molecule has 1 amide bonds. The van der Waals surface area contributed by atoms with Crippen molar-refractivity contribution in [1.82, 2.24) is 9.88 Å². The molecule has 1 aliphatic heterocycles. The van der Waals surface area contributed by atoms with Crippen molar-refractivity contribution >= 4 is 28.7 Å². The number of carbonyl (C=O) groups excluding carboxylic acids is 2. The molecule has 6 nitrogen and oxygen atoms in total. The fourth-order valence-electron chi connectivity index (χ4n) is 2.80. The van der Waals surface area contributed by atoms with E-state index in [2.05, 4.69) is 4.98 Å². The number of nitrogens with zero attached hydrogens (tertiary/aromatic N) is 3. The van der Waals surface area contributed by atoms with Crippen LogP contribution in [0, 0.1) is 5.82 Å². The summed E-state index contributed by atoms with van der Waals surface area (Å²) < 4.78 is 14.3. The molecule has 8 heteroatoms. The number of anilines is 1. The van der Waals surface area contributed by atoms with Crippen molar-refractivity contribution in [2.45, 2.75) is 13.5 Å². The van der Waals surface area contributed by atoms with E-state index in [1.807, 2.05) is 4.90 Å². The van der Waals surface area contributed by atoms with Crippen LogP contribution < -0.4 is 10.6 Å². The number of amides is 1. The Morgan fingerprint density at radius 1 is 1.28 bits per heavy atom. The van der Waals surface area contributed by atoms with Gasteiger partial charge in [0.25, 0.3) is 5.91 Å². The van der Waals surface area contributed by atoms with E-state index in [1.165, 1.54) is 24.3 Å². The number of Topliss-reactive ketones (excluding diaryl/α,β-unsaturated/α-hetero) is 1. The van der Waals surface area contributed by atoms with Gasteiger partial charge in [0.15, 0.2) is 5.78 Å². The Balaban J connectivity index is 1.65. The van der Waals surface area contributed by atoms with Crippen LogP contribution in [0.3, 0.4) is 0 Å². The molecule has 0 unspecified atom stereocenters. The van der Waals surface area contributed by atoms with Crippen LogP contribution in [0.15, 0.2) is 23.6 Å². The summed E-state index contributed by atoms with van der Waals surface area (Å²) in [5.74, 6) is -0.705. The number of benzene rings is 1. The average Bonchev–Trinajstić information content (AvgIpc) is 3.10. The Hall–Kier alpha value is -2.32. The van der Waals surface area contributed by atoms with Gasteiger partial charge in [-0.25, -0.2) is 9.37 Å². The Labute approximate surface area is 149 Å². The van der Waals surface area contributed by atoms with E-state index in [-0.39, 0.29) is 11.7 Å². The second-order valence-electron chi connectivity index (χ2n) is 5.83. The van der Waals surface area contributed by atoms with Gasteiger partial charge in [-0.2, -0.15) is 0 Å². The third-order valence-electron chi connectivity index (χ3n) is 4.21. The number of ketones is 1. The minimum atomic E-state index is -0.417. The van der Waals surface area contributed by atoms with Crippen LogP contribution in [0.4, 0.5) is 10.1 Å². The molecular weight excluding hydrogens is 343 g/mol. The van der Waals surface area contributed by atoms with Crippen molar-refractivity contribution in [2.75, 3.05) is 31.1 Å². The largest absolute Gasteiger partial charge is 0.366 e. The van der Waals surface area contributed by atoms with Crippen molar-refractivity contribution in [3.05, 3.63) is 45.7 Å². The smallest absolute Gasteiger partial charge is 0.273 e. The van der Waals surface area contributed by atoms with E-state index in [1.54, 1.807) is 22.4 Å². The van der Waals surface area contributed by atoms with Crippen molar-refractivity contribution < 1.29 is 14.0 Å². The van der Waals surface area contributed by atoms with Gasteiger partial charge in [0, 0.05) is 43.7 Å². The number of nitrogens with two attached hydrogens (primary N) is 1. The Bertz CT molecular complexity index is 800. The number of piperazine rings is 1. The van der Waals surface area contributed by atoms with Crippen molar-refractivity contribution in [2.24, 2.45) is 5.73 Å². The predicted molar refractivity (Wildman–Crippen MR) is 94.5 cm³/mol. The van der Waals surface area contributed by atoms with Gasteiger partial charge in [-0.15, -0.1) is 11.3 Å². The first-order valence-corrected chi connectivity index (χ1v) is 8.86. The number of hydrogen-bond acceptors (Lipinski definition) is 6. The lowest BCUT2D eigenvalue weighted by molar-refractivity contribution is 0.0741. The standard InChI is InChI=1S/C17H19FN4O2S/c1-11(23)12-2-3-15(13(18)8-12)21-4-6-22(7-5-21)17(24)14-10-25-16(9-19)20-14/h2-3,8,10H,4-7,9,19H2,1H3. The maximum absolute atomic E-state index is 14.3. The lowest BCUT2D eigenvalue weighted by Crippen LogP contribution is -2.49. The zero-order chi connectivity index (χ0) is 18.0. The predicted octanol–water partition coefficient (Wildman–Crippen LogP) is 1.91. The third kappa shape index (κ3) is 3.69. The third-order valence-corrected chi connectivity index (χ3v) is 5.08. The number of halogens is 1. The highest BCUT2D eigenvalue weighted by molar-refractivity contribution is 7.09. The number of carbonyl (C=O) groups is 2. The molecule has 1 aliphatic rings. The Morgan fingerprint density at radius 3 is 2.56 bits per heavy atom. The van der Waals surface area contributed by atoms with E-state index in [0.717, 1.165) is 5.01 Å². The SMILES string of the molecule is CC(=O)c1ccc(N2CCN(C(=O)c3csc(CN)n3)CC2)c(F)c1. The first-order valence-electron chi connectivity index (χ1n) is 7.98. The van der Waals surface area contributed by atoms with E-state index in [9.17, 15) is 14.0 Å². The highest BCUT2D eigenvalue weighted by Crippen LogP contribution is 2.23. The molecule has 0 atom stereocenters. The van der Waals surface area contributed by atoms with Gasteiger partial charge in [0.05, 0.1) is 5.69 Å². The van der Waals surface area contributed by atoms with Crippen LogP contribution in [0.2, 0.25) is 0 Å². The lowest BCUT2D eigenvalue weighted by atomic mass is 10.1. The molecule has 0 aliphatic carbocycles. The fourth-order valence-corrected chi connectivity index (χ4v) is 3.45. The van der Waals surface area contributed by atoms with Gasteiger partial charge >= 0.3 is 0 Å². The van der Waals surface area contributed by atoms with Crippen molar-refractivity contribution in [1.29, 1.82) is 0 Å². The lowest BCUT2D eigenvalue weighted by Gasteiger charge is -2.36. The first kappa shape index (κ1) is 17.5. The Morgan fingerprint density at radius 2 is 2.00 bits per heavy atom. The fraction of sp³-hybridized carbons (Fsp3) is 0.353. The zero-order valence-electron chi connectivity index (χ0n) is 13.9. The summed E-state index contributed by atoms with van der Waals surface area (Å²) in [6.45, 7) is 3.75. The summed E-state index contributed by atoms with van der Waals surface area (Å²) in [5, 5.41) is 2.45. The molecular formula is C17H19FN4O2S. The summed E-state index contributed by atoms with van der Waals surface area (Å²) in [6, 6.07) is 4.51. The van der Waals surface area contributed by atoms with Crippen molar-refractivity contribution in [3.8, 4) is 0 Å². The molecule has 1 saturated heterocycles. The van der Waals surface area contributed by atoms with Crippen LogP contribution in [0.25, 0.3) is 0 Å². The molecule has 25 heavy (non-hydrogen) atoms. The molecule has 1 aromatic carbocycles. The van der Waals surface area contributed by atoms with Crippen LogP contribution in [0.1, 0.15) is 32.8 Å². The second-order valence-corrected chi connectivity index (χ2v) is 6.77. The van der Waals surface area contributed by atoms with E-state index in [4.69, 9.17) is 5.73 Å². The molecule has 1 fully saturated rings. The second kappa shape index (κ2) is 7.28.